The molecule has 0 aliphatic carbocycles. The Morgan fingerprint density at radius 1 is 1.32 bits per heavy atom. The molecule has 1 aromatic carbocycles. The number of hydrogen-bond acceptors (Lipinski definition) is 3. The Hall–Kier alpha value is -1.30. The van der Waals surface area contributed by atoms with Crippen molar-refractivity contribution in [3.8, 4) is 5.75 Å². The summed E-state index contributed by atoms with van der Waals surface area (Å²) in [5, 5.41) is 0. The maximum absolute atomic E-state index is 14.0. The summed E-state index contributed by atoms with van der Waals surface area (Å²) >= 11 is 0. The van der Waals surface area contributed by atoms with Gasteiger partial charge >= 0.3 is 0 Å². The molecule has 1 aromatic rings. The van der Waals surface area contributed by atoms with Gasteiger partial charge in [0.2, 0.25) is 10.0 Å². The van der Waals surface area contributed by atoms with E-state index >= 15 is 0 Å². The molecular weight excluding hydrogens is 269 g/mol. The van der Waals surface area contributed by atoms with Crippen molar-refractivity contribution in [3.63, 3.8) is 0 Å². The maximum atomic E-state index is 14.0. The molecule has 0 saturated carbocycles. The number of anilines is 1. The molecule has 1 rings (SSSR count). The van der Waals surface area contributed by atoms with Gasteiger partial charge in [0.25, 0.3) is 0 Å². The third kappa shape index (κ3) is 3.83. The van der Waals surface area contributed by atoms with Gasteiger partial charge < -0.3 is 4.74 Å². The summed E-state index contributed by atoms with van der Waals surface area (Å²) in [6, 6.07) is 2.97. The van der Waals surface area contributed by atoms with Crippen LogP contribution in [-0.4, -0.2) is 21.3 Å². The van der Waals surface area contributed by atoms with Crippen LogP contribution in [0, 0.1) is 5.82 Å². The van der Waals surface area contributed by atoms with Gasteiger partial charge in [-0.05, 0) is 30.0 Å². The minimum absolute atomic E-state index is 0.0858. The van der Waals surface area contributed by atoms with Crippen LogP contribution in [0.3, 0.4) is 0 Å². The first-order chi connectivity index (χ1) is 8.60. The van der Waals surface area contributed by atoms with Crippen molar-refractivity contribution >= 4 is 15.7 Å². The van der Waals surface area contributed by atoms with Gasteiger partial charge in [-0.25, -0.2) is 12.8 Å². The molecule has 0 aliphatic rings. The Kier molecular flexibility index (Phi) is 4.45. The molecule has 19 heavy (non-hydrogen) atoms. The summed E-state index contributed by atoms with van der Waals surface area (Å²) in [6.45, 7) is 7.28. The van der Waals surface area contributed by atoms with Gasteiger partial charge in [-0.3, -0.25) is 4.72 Å². The third-order valence-electron chi connectivity index (χ3n) is 2.76. The van der Waals surface area contributed by atoms with E-state index in [9.17, 15) is 12.8 Å². The predicted octanol–water partition coefficient (Wildman–Crippen LogP) is 2.89. The zero-order valence-electron chi connectivity index (χ0n) is 11.9. The van der Waals surface area contributed by atoms with Gasteiger partial charge in [-0.15, -0.1) is 0 Å². The van der Waals surface area contributed by atoms with E-state index in [1.807, 2.05) is 20.8 Å². The van der Waals surface area contributed by atoms with E-state index < -0.39 is 15.8 Å². The molecule has 0 fully saturated rings. The van der Waals surface area contributed by atoms with Crippen LogP contribution in [0.15, 0.2) is 12.1 Å². The van der Waals surface area contributed by atoms with E-state index in [0.29, 0.717) is 5.56 Å². The first-order valence-corrected chi connectivity index (χ1v) is 7.64. The summed E-state index contributed by atoms with van der Waals surface area (Å²) in [4.78, 5) is 0. The summed E-state index contributed by atoms with van der Waals surface area (Å²) in [5.74, 6) is -0.758. The minimum atomic E-state index is -3.48. The summed E-state index contributed by atoms with van der Waals surface area (Å²) in [7, 11) is -2.18. The molecule has 0 amide bonds. The topological polar surface area (TPSA) is 55.4 Å². The SMILES string of the molecule is CCS(=O)(=O)Nc1cc(C(C)(C)C)cc(F)c1OC. The van der Waals surface area contributed by atoms with E-state index in [1.165, 1.54) is 20.1 Å². The van der Waals surface area contributed by atoms with E-state index in [1.54, 1.807) is 6.07 Å². The fourth-order valence-corrected chi connectivity index (χ4v) is 2.18. The summed E-state index contributed by atoms with van der Waals surface area (Å²) in [5.41, 5.74) is 0.536. The zero-order chi connectivity index (χ0) is 14.8. The number of hydrogen-bond donors (Lipinski definition) is 1. The van der Waals surface area contributed by atoms with Crippen LogP contribution in [0.5, 0.6) is 5.75 Å². The predicted molar refractivity (Wildman–Crippen MR) is 74.7 cm³/mol. The number of nitrogens with one attached hydrogen (secondary N) is 1. The van der Waals surface area contributed by atoms with Gasteiger partial charge in [-0.1, -0.05) is 20.8 Å². The van der Waals surface area contributed by atoms with Crippen LogP contribution in [0.25, 0.3) is 0 Å². The van der Waals surface area contributed by atoms with E-state index in [0.717, 1.165) is 0 Å². The third-order valence-corrected chi connectivity index (χ3v) is 4.05. The molecule has 0 aliphatic heterocycles. The lowest BCUT2D eigenvalue weighted by Gasteiger charge is -2.22. The van der Waals surface area contributed by atoms with Crippen molar-refractivity contribution in [1.29, 1.82) is 0 Å². The Bertz CT molecular complexity index is 562. The quantitative estimate of drug-likeness (QED) is 0.927. The van der Waals surface area contributed by atoms with Crippen molar-refractivity contribution < 1.29 is 17.5 Å². The molecule has 0 heterocycles. The van der Waals surface area contributed by atoms with Crippen LogP contribution < -0.4 is 9.46 Å². The van der Waals surface area contributed by atoms with Crippen LogP contribution in [0.1, 0.15) is 33.3 Å². The Morgan fingerprint density at radius 3 is 2.32 bits per heavy atom. The van der Waals surface area contributed by atoms with Gasteiger partial charge in [0.05, 0.1) is 18.6 Å². The second-order valence-corrected chi connectivity index (χ2v) is 7.31. The second kappa shape index (κ2) is 5.36. The average Bonchev–Trinajstić information content (AvgIpc) is 2.27. The van der Waals surface area contributed by atoms with Gasteiger partial charge in [0.15, 0.2) is 11.6 Å². The van der Waals surface area contributed by atoms with Crippen LogP contribution in [-0.2, 0) is 15.4 Å². The lowest BCUT2D eigenvalue weighted by Crippen LogP contribution is -2.18. The van der Waals surface area contributed by atoms with Crippen molar-refractivity contribution in [2.24, 2.45) is 0 Å². The highest BCUT2D eigenvalue weighted by atomic mass is 32.2. The van der Waals surface area contributed by atoms with Gasteiger partial charge in [-0.2, -0.15) is 0 Å². The molecule has 0 bridgehead atoms. The molecule has 0 radical (unpaired) electrons. The fourth-order valence-electron chi connectivity index (χ4n) is 1.55. The van der Waals surface area contributed by atoms with Crippen molar-refractivity contribution in [3.05, 3.63) is 23.5 Å². The number of halogens is 1. The minimum Gasteiger partial charge on any atom is -0.492 e. The first kappa shape index (κ1) is 15.8. The van der Waals surface area contributed by atoms with E-state index in [2.05, 4.69) is 4.72 Å². The summed E-state index contributed by atoms with van der Waals surface area (Å²) < 4.78 is 44.5. The molecule has 6 heteroatoms. The number of benzene rings is 1. The summed E-state index contributed by atoms with van der Waals surface area (Å²) in [6.07, 6.45) is 0. The van der Waals surface area contributed by atoms with Gasteiger partial charge in [0.1, 0.15) is 0 Å². The molecule has 4 nitrogen and oxygen atoms in total. The highest BCUT2D eigenvalue weighted by Gasteiger charge is 2.21. The van der Waals surface area contributed by atoms with Crippen molar-refractivity contribution in [1.82, 2.24) is 0 Å². The maximum Gasteiger partial charge on any atom is 0.232 e. The highest BCUT2D eigenvalue weighted by Crippen LogP contribution is 2.34. The monoisotopic (exact) mass is 289 g/mol. The Balaban J connectivity index is 3.39. The molecule has 0 spiro atoms. The van der Waals surface area contributed by atoms with Crippen LogP contribution in [0.2, 0.25) is 0 Å². The standard InChI is InChI=1S/C13H20FNO3S/c1-6-19(16,17)15-11-8-9(13(2,3)4)7-10(14)12(11)18-5/h7-8,15H,6H2,1-5H3. The number of sulfonamides is 1. The average molecular weight is 289 g/mol. The molecular formula is C13H20FNO3S. The van der Waals surface area contributed by atoms with Crippen LogP contribution in [0.4, 0.5) is 10.1 Å². The Labute approximate surface area is 114 Å². The molecule has 0 atom stereocenters. The zero-order valence-corrected chi connectivity index (χ0v) is 12.7. The number of rotatable bonds is 4. The lowest BCUT2D eigenvalue weighted by atomic mass is 9.86. The smallest absolute Gasteiger partial charge is 0.232 e. The normalized spacial score (nSPS) is 12.3. The molecule has 1 N–H and O–H groups in total. The molecule has 0 saturated heterocycles. The van der Waals surface area contributed by atoms with E-state index in [4.69, 9.17) is 4.74 Å². The van der Waals surface area contributed by atoms with Gasteiger partial charge in [0, 0.05) is 0 Å². The second-order valence-electron chi connectivity index (χ2n) is 5.29. The largest absolute Gasteiger partial charge is 0.492 e. The number of methoxy groups -OCH3 is 1. The van der Waals surface area contributed by atoms with Crippen molar-refractivity contribution in [2.45, 2.75) is 33.1 Å². The first-order valence-electron chi connectivity index (χ1n) is 5.99. The Morgan fingerprint density at radius 2 is 1.89 bits per heavy atom. The van der Waals surface area contributed by atoms with E-state index in [-0.39, 0.29) is 22.6 Å². The van der Waals surface area contributed by atoms with Crippen molar-refractivity contribution in [2.75, 3.05) is 17.6 Å². The highest BCUT2D eigenvalue weighted by molar-refractivity contribution is 7.92. The number of ether oxygens (including phenoxy) is 1. The fraction of sp³-hybridized carbons (Fsp3) is 0.538. The molecule has 0 unspecified atom stereocenters. The molecule has 0 aromatic heterocycles. The lowest BCUT2D eigenvalue weighted by molar-refractivity contribution is 0.387. The molecule has 108 valence electrons. The van der Waals surface area contributed by atoms with Crippen LogP contribution >= 0.6 is 0 Å².